The second-order valence-corrected chi connectivity index (χ2v) is 7.30. The Kier molecular flexibility index (Phi) is 2.92. The summed E-state index contributed by atoms with van der Waals surface area (Å²) in [6.07, 6.45) is 1.34. The van der Waals surface area contributed by atoms with Crippen LogP contribution in [0.4, 0.5) is 0 Å². The molecule has 2 rings (SSSR count). The van der Waals surface area contributed by atoms with Crippen molar-refractivity contribution in [1.82, 2.24) is 5.32 Å². The standard InChI is InChI=1S/C14H23NS/c1-10-6-7-16-12(10)14(5)8-11(14)9-15-13(2,3)4/h6-7,11,15H,8-9H2,1-5H3. The third-order valence-corrected chi connectivity index (χ3v) is 4.97. The van der Waals surface area contributed by atoms with E-state index in [0.29, 0.717) is 5.41 Å². The first kappa shape index (κ1) is 12.1. The fourth-order valence-electron chi connectivity index (χ4n) is 2.42. The minimum atomic E-state index is 0.244. The second-order valence-electron chi connectivity index (χ2n) is 6.38. The van der Waals surface area contributed by atoms with Gasteiger partial charge >= 0.3 is 0 Å². The zero-order valence-corrected chi connectivity index (χ0v) is 11.9. The van der Waals surface area contributed by atoms with Crippen LogP contribution in [-0.2, 0) is 5.41 Å². The van der Waals surface area contributed by atoms with Crippen LogP contribution in [0.3, 0.4) is 0 Å². The van der Waals surface area contributed by atoms with Crippen molar-refractivity contribution in [3.63, 3.8) is 0 Å². The Morgan fingerprint density at radius 2 is 2.19 bits per heavy atom. The summed E-state index contributed by atoms with van der Waals surface area (Å²) in [4.78, 5) is 1.60. The largest absolute Gasteiger partial charge is 0.312 e. The van der Waals surface area contributed by atoms with Crippen molar-refractivity contribution in [2.45, 2.75) is 52.0 Å². The normalized spacial score (nSPS) is 29.4. The van der Waals surface area contributed by atoms with Gasteiger partial charge in [-0.15, -0.1) is 11.3 Å². The van der Waals surface area contributed by atoms with Gasteiger partial charge in [0.2, 0.25) is 0 Å². The molecule has 2 heteroatoms. The van der Waals surface area contributed by atoms with Crippen LogP contribution < -0.4 is 5.32 Å². The van der Waals surface area contributed by atoms with Gasteiger partial charge in [0.25, 0.3) is 0 Å². The van der Waals surface area contributed by atoms with Crippen molar-refractivity contribution in [3.8, 4) is 0 Å². The van der Waals surface area contributed by atoms with Crippen molar-refractivity contribution < 1.29 is 0 Å². The molecule has 2 unspecified atom stereocenters. The topological polar surface area (TPSA) is 12.0 Å². The second kappa shape index (κ2) is 3.85. The minimum absolute atomic E-state index is 0.244. The lowest BCUT2D eigenvalue weighted by Crippen LogP contribution is -2.37. The molecule has 0 bridgehead atoms. The Bertz CT molecular complexity index is 374. The monoisotopic (exact) mass is 237 g/mol. The van der Waals surface area contributed by atoms with E-state index in [1.165, 1.54) is 12.0 Å². The zero-order valence-electron chi connectivity index (χ0n) is 11.1. The predicted octanol–water partition coefficient (Wildman–Crippen LogP) is 3.72. The molecule has 1 N–H and O–H groups in total. The van der Waals surface area contributed by atoms with Crippen LogP contribution in [0.5, 0.6) is 0 Å². The first-order valence-electron chi connectivity index (χ1n) is 6.12. The molecule has 0 aliphatic heterocycles. The molecule has 0 amide bonds. The summed E-state index contributed by atoms with van der Waals surface area (Å²) >= 11 is 1.93. The summed E-state index contributed by atoms with van der Waals surface area (Å²) in [5, 5.41) is 5.85. The molecule has 1 aromatic heterocycles. The molecule has 1 fully saturated rings. The van der Waals surface area contributed by atoms with Crippen molar-refractivity contribution in [2.75, 3.05) is 6.54 Å². The maximum Gasteiger partial charge on any atom is 0.0137 e. The summed E-state index contributed by atoms with van der Waals surface area (Å²) in [6, 6.07) is 2.25. The first-order valence-corrected chi connectivity index (χ1v) is 7.00. The number of hydrogen-bond acceptors (Lipinski definition) is 2. The minimum Gasteiger partial charge on any atom is -0.312 e. The van der Waals surface area contributed by atoms with Crippen LogP contribution in [0.1, 0.15) is 44.6 Å². The number of hydrogen-bond donors (Lipinski definition) is 1. The number of thiophene rings is 1. The zero-order chi connectivity index (χ0) is 12.0. The molecule has 1 heterocycles. The molecule has 2 atom stereocenters. The van der Waals surface area contributed by atoms with Crippen LogP contribution in [0.25, 0.3) is 0 Å². The smallest absolute Gasteiger partial charge is 0.0137 e. The average Bonchev–Trinajstić information content (AvgIpc) is 2.59. The Morgan fingerprint density at radius 1 is 1.50 bits per heavy atom. The van der Waals surface area contributed by atoms with Crippen molar-refractivity contribution in [3.05, 3.63) is 21.9 Å². The van der Waals surface area contributed by atoms with Gasteiger partial charge in [0, 0.05) is 15.8 Å². The fraction of sp³-hybridized carbons (Fsp3) is 0.714. The van der Waals surface area contributed by atoms with Crippen molar-refractivity contribution in [2.24, 2.45) is 5.92 Å². The Labute approximate surface area is 103 Å². The molecule has 90 valence electrons. The van der Waals surface area contributed by atoms with Gasteiger partial charge in [-0.25, -0.2) is 0 Å². The highest BCUT2D eigenvalue weighted by Gasteiger charge is 2.52. The molecule has 16 heavy (non-hydrogen) atoms. The third kappa shape index (κ3) is 2.33. The summed E-state index contributed by atoms with van der Waals surface area (Å²) in [6.45, 7) is 12.5. The SMILES string of the molecule is Cc1ccsc1C1(C)CC1CNC(C)(C)C. The van der Waals surface area contributed by atoms with E-state index in [9.17, 15) is 0 Å². The van der Waals surface area contributed by atoms with E-state index in [-0.39, 0.29) is 5.54 Å². The average molecular weight is 237 g/mol. The van der Waals surface area contributed by atoms with Crippen LogP contribution in [0.2, 0.25) is 0 Å². The van der Waals surface area contributed by atoms with E-state index >= 15 is 0 Å². The predicted molar refractivity (Wildman–Crippen MR) is 72.3 cm³/mol. The lowest BCUT2D eigenvalue weighted by atomic mass is 10.0. The van der Waals surface area contributed by atoms with Crippen LogP contribution in [0, 0.1) is 12.8 Å². The molecule has 0 saturated heterocycles. The summed E-state index contributed by atoms with van der Waals surface area (Å²) < 4.78 is 0. The van der Waals surface area contributed by atoms with Gasteiger partial charge in [-0.05, 0) is 63.6 Å². The lowest BCUT2D eigenvalue weighted by Gasteiger charge is -2.21. The van der Waals surface area contributed by atoms with E-state index < -0.39 is 0 Å². The molecule has 0 spiro atoms. The number of rotatable bonds is 3. The van der Waals surface area contributed by atoms with E-state index in [0.717, 1.165) is 12.5 Å². The van der Waals surface area contributed by atoms with Gasteiger partial charge in [-0.2, -0.15) is 0 Å². The van der Waals surface area contributed by atoms with Gasteiger partial charge in [0.1, 0.15) is 0 Å². The van der Waals surface area contributed by atoms with Gasteiger partial charge in [0.15, 0.2) is 0 Å². The molecule has 1 nitrogen and oxygen atoms in total. The Hall–Kier alpha value is -0.340. The lowest BCUT2D eigenvalue weighted by molar-refractivity contribution is 0.407. The van der Waals surface area contributed by atoms with Crippen molar-refractivity contribution >= 4 is 11.3 Å². The fourth-order valence-corrected chi connectivity index (χ4v) is 3.60. The summed E-state index contributed by atoms with van der Waals surface area (Å²) in [5.74, 6) is 0.823. The van der Waals surface area contributed by atoms with Gasteiger partial charge in [-0.1, -0.05) is 6.92 Å². The highest BCUT2D eigenvalue weighted by Crippen LogP contribution is 2.56. The van der Waals surface area contributed by atoms with Gasteiger partial charge < -0.3 is 5.32 Å². The molecule has 1 aliphatic rings. The molecular formula is C14H23NS. The van der Waals surface area contributed by atoms with Crippen molar-refractivity contribution in [1.29, 1.82) is 0 Å². The molecular weight excluding hydrogens is 214 g/mol. The van der Waals surface area contributed by atoms with Crippen LogP contribution in [0.15, 0.2) is 11.4 Å². The molecule has 1 aromatic rings. The van der Waals surface area contributed by atoms with Gasteiger partial charge in [0.05, 0.1) is 0 Å². The van der Waals surface area contributed by atoms with Gasteiger partial charge in [-0.3, -0.25) is 0 Å². The first-order chi connectivity index (χ1) is 7.33. The molecule has 1 aliphatic carbocycles. The van der Waals surface area contributed by atoms with Crippen LogP contribution in [-0.4, -0.2) is 12.1 Å². The Morgan fingerprint density at radius 3 is 2.69 bits per heavy atom. The molecule has 0 aromatic carbocycles. The molecule has 0 radical (unpaired) electrons. The summed E-state index contributed by atoms with van der Waals surface area (Å²) in [7, 11) is 0. The third-order valence-electron chi connectivity index (χ3n) is 3.67. The maximum atomic E-state index is 3.63. The number of nitrogens with one attached hydrogen (secondary N) is 1. The van der Waals surface area contributed by atoms with E-state index in [2.05, 4.69) is 51.4 Å². The Balaban J connectivity index is 1.97. The summed E-state index contributed by atoms with van der Waals surface area (Å²) in [5.41, 5.74) is 2.18. The van der Waals surface area contributed by atoms with E-state index in [1.807, 2.05) is 11.3 Å². The number of aryl methyl sites for hydroxylation is 1. The highest BCUT2D eigenvalue weighted by atomic mass is 32.1. The quantitative estimate of drug-likeness (QED) is 0.845. The molecule has 1 saturated carbocycles. The highest BCUT2D eigenvalue weighted by molar-refractivity contribution is 7.10. The maximum absolute atomic E-state index is 3.63. The van der Waals surface area contributed by atoms with E-state index in [4.69, 9.17) is 0 Å². The van der Waals surface area contributed by atoms with E-state index in [1.54, 1.807) is 4.88 Å². The van der Waals surface area contributed by atoms with Crippen LogP contribution >= 0.6 is 11.3 Å².